The van der Waals surface area contributed by atoms with Gasteiger partial charge in [-0.3, -0.25) is 0 Å². The van der Waals surface area contributed by atoms with Gasteiger partial charge in [0.2, 0.25) is 0 Å². The fourth-order valence-electron chi connectivity index (χ4n) is 1.40. The Morgan fingerprint density at radius 1 is 1.47 bits per heavy atom. The molecule has 1 unspecified atom stereocenters. The van der Waals surface area contributed by atoms with Crippen LogP contribution in [0.15, 0.2) is 0 Å². The Kier molecular flexibility index (Phi) is 4.23. The van der Waals surface area contributed by atoms with E-state index in [1.807, 2.05) is 13.8 Å². The molecule has 0 saturated carbocycles. The summed E-state index contributed by atoms with van der Waals surface area (Å²) >= 11 is 0. The third-order valence-corrected chi connectivity index (χ3v) is 2.54. The largest absolute Gasteiger partial charge is 0.391 e. The molecular weight excluding hydrogens is 196 g/mol. The van der Waals surface area contributed by atoms with Crippen molar-refractivity contribution in [2.24, 2.45) is 11.7 Å². The Bertz CT molecular complexity index is 235. The molecule has 1 aliphatic rings. The van der Waals surface area contributed by atoms with Gasteiger partial charge in [0.1, 0.15) is 12.1 Å². The lowest BCUT2D eigenvalue weighted by Crippen LogP contribution is -2.41. The molecule has 0 spiro atoms. The van der Waals surface area contributed by atoms with Crippen LogP contribution in [0.25, 0.3) is 0 Å². The molecule has 1 saturated heterocycles. The van der Waals surface area contributed by atoms with Crippen LogP contribution in [-0.4, -0.2) is 30.6 Å². The van der Waals surface area contributed by atoms with Gasteiger partial charge in [-0.1, -0.05) is 13.8 Å². The molecule has 5 heteroatoms. The fraction of sp³-hybridized carbons (Fsp3) is 0.800. The normalized spacial score (nSPS) is 22.8. The van der Waals surface area contributed by atoms with E-state index < -0.39 is 18.0 Å². The standard InChI is InChI=1S/C10H18N2O3/c1-6(2)8(11)10(14)15-9(13)7-4-3-5-12-7/h6-8,12H,3-5,11H2,1-2H3/t7-,8?/m0/s1. The highest BCUT2D eigenvalue weighted by Gasteiger charge is 2.28. The van der Waals surface area contributed by atoms with E-state index in [0.29, 0.717) is 0 Å². The predicted octanol–water partition coefficient (Wildman–Crippen LogP) is -0.208. The zero-order valence-corrected chi connectivity index (χ0v) is 9.16. The van der Waals surface area contributed by atoms with Gasteiger partial charge in [-0.05, 0) is 25.3 Å². The number of hydrogen-bond acceptors (Lipinski definition) is 5. The average Bonchev–Trinajstić information content (AvgIpc) is 2.68. The molecule has 0 aromatic carbocycles. The first kappa shape index (κ1) is 12.1. The van der Waals surface area contributed by atoms with E-state index in [1.54, 1.807) is 0 Å². The molecule has 0 radical (unpaired) electrons. The van der Waals surface area contributed by atoms with Crippen molar-refractivity contribution in [3.8, 4) is 0 Å². The molecular formula is C10H18N2O3. The topological polar surface area (TPSA) is 81.4 Å². The minimum absolute atomic E-state index is 0.0261. The van der Waals surface area contributed by atoms with Crippen molar-refractivity contribution in [3.05, 3.63) is 0 Å². The number of hydrogen-bond donors (Lipinski definition) is 2. The number of nitrogens with two attached hydrogens (primary N) is 1. The van der Waals surface area contributed by atoms with Crippen LogP contribution in [0.1, 0.15) is 26.7 Å². The van der Waals surface area contributed by atoms with Gasteiger partial charge in [0.05, 0.1) is 0 Å². The van der Waals surface area contributed by atoms with Crippen molar-refractivity contribution in [1.82, 2.24) is 5.32 Å². The van der Waals surface area contributed by atoms with Crippen molar-refractivity contribution in [3.63, 3.8) is 0 Å². The molecule has 2 atom stereocenters. The highest BCUT2D eigenvalue weighted by atomic mass is 16.6. The van der Waals surface area contributed by atoms with Crippen molar-refractivity contribution in [2.75, 3.05) is 6.54 Å². The van der Waals surface area contributed by atoms with Crippen LogP contribution < -0.4 is 11.1 Å². The van der Waals surface area contributed by atoms with Gasteiger partial charge in [0.25, 0.3) is 0 Å². The molecule has 5 nitrogen and oxygen atoms in total. The summed E-state index contributed by atoms with van der Waals surface area (Å²) in [5.74, 6) is -1.17. The molecule has 1 rings (SSSR count). The van der Waals surface area contributed by atoms with Crippen LogP contribution in [0, 0.1) is 5.92 Å². The number of carbonyl (C=O) groups is 2. The SMILES string of the molecule is CC(C)C(N)C(=O)OC(=O)[C@@H]1CCCN1. The Hall–Kier alpha value is -0.940. The molecule has 0 amide bonds. The molecule has 1 aliphatic heterocycles. The van der Waals surface area contributed by atoms with E-state index in [4.69, 9.17) is 10.5 Å². The quantitative estimate of drug-likeness (QED) is 0.502. The Morgan fingerprint density at radius 3 is 2.60 bits per heavy atom. The Balaban J connectivity index is 2.40. The summed E-state index contributed by atoms with van der Waals surface area (Å²) in [6.07, 6.45) is 1.66. The molecule has 0 aromatic rings. The first-order valence-corrected chi connectivity index (χ1v) is 5.27. The molecule has 15 heavy (non-hydrogen) atoms. The second kappa shape index (κ2) is 5.23. The molecule has 3 N–H and O–H groups in total. The van der Waals surface area contributed by atoms with E-state index in [-0.39, 0.29) is 12.0 Å². The van der Waals surface area contributed by atoms with Crippen molar-refractivity contribution >= 4 is 11.9 Å². The van der Waals surface area contributed by atoms with E-state index >= 15 is 0 Å². The van der Waals surface area contributed by atoms with Gasteiger partial charge in [-0.2, -0.15) is 0 Å². The van der Waals surface area contributed by atoms with Gasteiger partial charge in [0, 0.05) is 0 Å². The smallest absolute Gasteiger partial charge is 0.330 e. The van der Waals surface area contributed by atoms with Crippen LogP contribution in [0.4, 0.5) is 0 Å². The third-order valence-electron chi connectivity index (χ3n) is 2.54. The lowest BCUT2D eigenvalue weighted by Gasteiger charge is -2.15. The molecule has 86 valence electrons. The highest BCUT2D eigenvalue weighted by Crippen LogP contribution is 2.08. The average molecular weight is 214 g/mol. The molecule has 1 fully saturated rings. The minimum atomic E-state index is -0.727. The molecule has 0 aliphatic carbocycles. The maximum atomic E-state index is 11.4. The van der Waals surface area contributed by atoms with Gasteiger partial charge >= 0.3 is 11.9 Å². The zero-order chi connectivity index (χ0) is 11.4. The number of ether oxygens (including phenoxy) is 1. The van der Waals surface area contributed by atoms with Gasteiger partial charge in [-0.15, -0.1) is 0 Å². The van der Waals surface area contributed by atoms with E-state index in [2.05, 4.69) is 5.32 Å². The Labute approximate surface area is 89.3 Å². The maximum Gasteiger partial charge on any atom is 0.330 e. The van der Waals surface area contributed by atoms with Crippen LogP contribution in [0.3, 0.4) is 0 Å². The van der Waals surface area contributed by atoms with E-state index in [9.17, 15) is 9.59 Å². The first-order valence-electron chi connectivity index (χ1n) is 5.27. The summed E-state index contributed by atoms with van der Waals surface area (Å²) in [4.78, 5) is 22.8. The summed E-state index contributed by atoms with van der Waals surface area (Å²) in [6, 6.07) is -1.07. The fourth-order valence-corrected chi connectivity index (χ4v) is 1.40. The van der Waals surface area contributed by atoms with Gasteiger partial charge < -0.3 is 15.8 Å². The van der Waals surface area contributed by atoms with Crippen molar-refractivity contribution in [1.29, 1.82) is 0 Å². The number of carbonyl (C=O) groups excluding carboxylic acids is 2. The molecule has 1 heterocycles. The summed E-state index contributed by atoms with van der Waals surface area (Å²) in [5.41, 5.74) is 5.56. The monoisotopic (exact) mass is 214 g/mol. The lowest BCUT2D eigenvalue weighted by molar-refractivity contribution is -0.162. The van der Waals surface area contributed by atoms with E-state index in [1.165, 1.54) is 0 Å². The van der Waals surface area contributed by atoms with Gasteiger partial charge in [-0.25, -0.2) is 9.59 Å². The third kappa shape index (κ3) is 3.28. The van der Waals surface area contributed by atoms with Gasteiger partial charge in [0.15, 0.2) is 0 Å². The lowest BCUT2D eigenvalue weighted by atomic mass is 10.1. The first-order chi connectivity index (χ1) is 7.02. The summed E-state index contributed by atoms with van der Waals surface area (Å²) in [7, 11) is 0. The number of esters is 2. The maximum absolute atomic E-state index is 11.4. The Morgan fingerprint density at radius 2 is 2.13 bits per heavy atom. The van der Waals surface area contributed by atoms with Crippen LogP contribution in [0.5, 0.6) is 0 Å². The van der Waals surface area contributed by atoms with Crippen LogP contribution in [-0.2, 0) is 14.3 Å². The molecule has 0 aromatic heterocycles. The van der Waals surface area contributed by atoms with Crippen molar-refractivity contribution < 1.29 is 14.3 Å². The predicted molar refractivity (Wildman–Crippen MR) is 54.9 cm³/mol. The van der Waals surface area contributed by atoms with Crippen LogP contribution in [0.2, 0.25) is 0 Å². The minimum Gasteiger partial charge on any atom is -0.391 e. The number of rotatable bonds is 3. The second-order valence-electron chi connectivity index (χ2n) is 4.16. The van der Waals surface area contributed by atoms with Crippen LogP contribution >= 0.6 is 0 Å². The highest BCUT2D eigenvalue weighted by molar-refractivity contribution is 5.91. The van der Waals surface area contributed by atoms with E-state index in [0.717, 1.165) is 19.4 Å². The summed E-state index contributed by atoms with van der Waals surface area (Å²) in [5, 5.41) is 2.96. The summed E-state index contributed by atoms with van der Waals surface area (Å²) < 4.78 is 4.69. The summed E-state index contributed by atoms with van der Waals surface area (Å²) in [6.45, 7) is 4.42. The zero-order valence-electron chi connectivity index (χ0n) is 9.16. The second-order valence-corrected chi connectivity index (χ2v) is 4.16. The van der Waals surface area contributed by atoms with Crippen molar-refractivity contribution in [2.45, 2.75) is 38.8 Å². The number of nitrogens with one attached hydrogen (secondary N) is 1. The molecule has 0 bridgehead atoms.